The average Bonchev–Trinajstić information content (AvgIpc) is 3.28. The van der Waals surface area contributed by atoms with Gasteiger partial charge in [-0.3, -0.25) is 14.7 Å². The number of cyclic esters (lactones) is 1. The van der Waals surface area contributed by atoms with Gasteiger partial charge in [-0.25, -0.2) is 14.2 Å². The minimum atomic E-state index is -0.920. The number of pyridine rings is 2. The lowest BCUT2D eigenvalue weighted by Crippen LogP contribution is -2.33. The van der Waals surface area contributed by atoms with E-state index < -0.39 is 24.1 Å². The number of thioether (sulfide) groups is 1. The Morgan fingerprint density at radius 2 is 2.22 bits per heavy atom. The molecule has 3 aromatic rings. The van der Waals surface area contributed by atoms with E-state index in [1.54, 1.807) is 24.3 Å². The largest absolute Gasteiger partial charge is 0.481 e. The number of anilines is 2. The topological polar surface area (TPSA) is 126 Å². The summed E-state index contributed by atoms with van der Waals surface area (Å²) < 4.78 is 25.0. The first-order chi connectivity index (χ1) is 17.4. The number of aromatic nitrogens is 2. The van der Waals surface area contributed by atoms with E-state index in [2.05, 4.69) is 20.6 Å². The lowest BCUT2D eigenvalue weighted by molar-refractivity contribution is -0.113. The molecule has 188 valence electrons. The van der Waals surface area contributed by atoms with Crippen LogP contribution >= 0.6 is 11.8 Å². The molecule has 1 aromatic carbocycles. The number of rotatable bonds is 8. The Morgan fingerprint density at radius 3 is 3.06 bits per heavy atom. The summed E-state index contributed by atoms with van der Waals surface area (Å²) in [5, 5.41) is 16.6. The van der Waals surface area contributed by atoms with Gasteiger partial charge in [-0.1, -0.05) is 0 Å². The highest BCUT2D eigenvalue weighted by molar-refractivity contribution is 8.00. The van der Waals surface area contributed by atoms with Gasteiger partial charge in [-0.2, -0.15) is 0 Å². The standard InChI is InChI=1S/C24H24FN5O5S/c1-34-22-5-3-16-23(29-22)14(15(25)10-27-16)9-26-7-6-18(31)19-11-30(24(33)35-19)13-2-4-20-17(8-13)28-21(32)12-36-20/h2-5,8,10,18-19,26,31H,6-7,9,11-12H2,1H3,(H,28,32)/t18-,19?/m0/s1. The van der Waals surface area contributed by atoms with Crippen LogP contribution in [0.5, 0.6) is 5.88 Å². The maximum atomic E-state index is 14.4. The van der Waals surface area contributed by atoms with E-state index in [4.69, 9.17) is 9.47 Å². The molecule has 36 heavy (non-hydrogen) atoms. The summed E-state index contributed by atoms with van der Waals surface area (Å²) in [6, 6.07) is 8.74. The summed E-state index contributed by atoms with van der Waals surface area (Å²) in [5.74, 6) is 0.134. The van der Waals surface area contributed by atoms with Crippen LogP contribution in [0.4, 0.5) is 20.6 Å². The molecule has 12 heteroatoms. The summed E-state index contributed by atoms with van der Waals surface area (Å²) in [4.78, 5) is 34.9. The number of ether oxygens (including phenoxy) is 2. The van der Waals surface area contributed by atoms with Crippen LogP contribution in [0, 0.1) is 5.82 Å². The molecule has 0 saturated carbocycles. The molecule has 4 heterocycles. The predicted molar refractivity (Wildman–Crippen MR) is 132 cm³/mol. The molecule has 10 nitrogen and oxygen atoms in total. The van der Waals surface area contributed by atoms with Crippen molar-refractivity contribution in [1.82, 2.24) is 15.3 Å². The normalized spacial score (nSPS) is 18.1. The van der Waals surface area contributed by atoms with Crippen molar-refractivity contribution in [2.45, 2.75) is 30.1 Å². The highest BCUT2D eigenvalue weighted by atomic mass is 32.2. The van der Waals surface area contributed by atoms with E-state index in [9.17, 15) is 19.1 Å². The molecule has 5 rings (SSSR count). The second-order valence-corrected chi connectivity index (χ2v) is 9.41. The molecule has 0 bridgehead atoms. The third-order valence-electron chi connectivity index (χ3n) is 6.04. The Bertz CT molecular complexity index is 1330. The van der Waals surface area contributed by atoms with Crippen molar-refractivity contribution in [3.63, 3.8) is 0 Å². The second-order valence-electron chi connectivity index (χ2n) is 8.39. The smallest absolute Gasteiger partial charge is 0.414 e. The number of methoxy groups -OCH3 is 1. The van der Waals surface area contributed by atoms with Crippen molar-refractivity contribution in [3.05, 3.63) is 47.9 Å². The summed E-state index contributed by atoms with van der Waals surface area (Å²) in [5.41, 5.74) is 2.54. The number of hydrogen-bond donors (Lipinski definition) is 3. The first-order valence-electron chi connectivity index (χ1n) is 11.3. The number of aliphatic hydroxyl groups excluding tert-OH is 1. The van der Waals surface area contributed by atoms with Crippen LogP contribution in [-0.4, -0.2) is 65.2 Å². The van der Waals surface area contributed by atoms with Crippen molar-refractivity contribution in [2.24, 2.45) is 0 Å². The van der Waals surface area contributed by atoms with Gasteiger partial charge in [0.05, 0.1) is 42.9 Å². The van der Waals surface area contributed by atoms with E-state index in [-0.39, 0.29) is 25.4 Å². The van der Waals surface area contributed by atoms with Gasteiger partial charge < -0.3 is 25.2 Å². The summed E-state index contributed by atoms with van der Waals surface area (Å²) in [6.07, 6.45) is -0.767. The molecule has 3 N–H and O–H groups in total. The van der Waals surface area contributed by atoms with Gasteiger partial charge in [0.1, 0.15) is 17.4 Å². The fourth-order valence-corrected chi connectivity index (χ4v) is 4.93. The molecule has 2 atom stereocenters. The van der Waals surface area contributed by atoms with E-state index in [0.29, 0.717) is 46.1 Å². The quantitative estimate of drug-likeness (QED) is 0.390. The molecule has 2 amide bonds. The number of carbonyl (C=O) groups is 2. The van der Waals surface area contributed by atoms with Crippen LogP contribution in [-0.2, 0) is 16.1 Å². The molecule has 2 aliphatic rings. The van der Waals surface area contributed by atoms with E-state index >= 15 is 0 Å². The van der Waals surface area contributed by atoms with Crippen molar-refractivity contribution in [2.75, 3.05) is 36.2 Å². The van der Waals surface area contributed by atoms with Crippen LogP contribution < -0.4 is 20.3 Å². The zero-order valence-electron chi connectivity index (χ0n) is 19.4. The number of carbonyl (C=O) groups excluding carboxylic acids is 2. The van der Waals surface area contributed by atoms with Gasteiger partial charge in [0.2, 0.25) is 11.8 Å². The molecular weight excluding hydrogens is 489 g/mol. The lowest BCUT2D eigenvalue weighted by Gasteiger charge is -2.20. The van der Waals surface area contributed by atoms with Crippen LogP contribution in [0.15, 0.2) is 41.4 Å². The molecule has 0 aliphatic carbocycles. The van der Waals surface area contributed by atoms with E-state index in [1.165, 1.54) is 23.8 Å². The zero-order chi connectivity index (χ0) is 25.2. The zero-order valence-corrected chi connectivity index (χ0v) is 20.2. The summed E-state index contributed by atoms with van der Waals surface area (Å²) >= 11 is 1.44. The van der Waals surface area contributed by atoms with Crippen LogP contribution in [0.2, 0.25) is 0 Å². The summed E-state index contributed by atoms with van der Waals surface area (Å²) in [7, 11) is 1.49. The average molecular weight is 514 g/mol. The molecule has 2 aliphatic heterocycles. The highest BCUT2D eigenvalue weighted by Crippen LogP contribution is 2.35. The van der Waals surface area contributed by atoms with Crippen LogP contribution in [0.1, 0.15) is 12.0 Å². The molecular formula is C24H24FN5O5S. The molecule has 2 aromatic heterocycles. The molecule has 0 spiro atoms. The first-order valence-corrected chi connectivity index (χ1v) is 12.3. The van der Waals surface area contributed by atoms with Gasteiger partial charge in [-0.05, 0) is 37.2 Å². The molecule has 0 radical (unpaired) electrons. The van der Waals surface area contributed by atoms with Gasteiger partial charge in [0.25, 0.3) is 0 Å². The monoisotopic (exact) mass is 513 g/mol. The first kappa shape index (κ1) is 24.2. The van der Waals surface area contributed by atoms with Crippen molar-refractivity contribution in [3.8, 4) is 5.88 Å². The maximum Gasteiger partial charge on any atom is 0.414 e. The Balaban J connectivity index is 1.17. The molecule has 1 unspecified atom stereocenters. The SMILES string of the molecule is COc1ccc2ncc(F)c(CNCC[C@H](O)C3CN(c4ccc5c(c4)NC(=O)CS5)C(=O)O3)c2n1. The van der Waals surface area contributed by atoms with Crippen molar-refractivity contribution >= 4 is 46.2 Å². The van der Waals surface area contributed by atoms with Gasteiger partial charge >= 0.3 is 6.09 Å². The van der Waals surface area contributed by atoms with Crippen molar-refractivity contribution in [1.29, 1.82) is 0 Å². The lowest BCUT2D eigenvalue weighted by atomic mass is 10.1. The number of fused-ring (bicyclic) bond motifs is 2. The number of amides is 2. The Labute approximate surface area is 210 Å². The van der Waals surface area contributed by atoms with Gasteiger partial charge in [0.15, 0.2) is 0 Å². The predicted octanol–water partition coefficient (Wildman–Crippen LogP) is 2.69. The molecule has 1 fully saturated rings. The Morgan fingerprint density at radius 1 is 1.36 bits per heavy atom. The van der Waals surface area contributed by atoms with Gasteiger partial charge in [0, 0.05) is 28.8 Å². The van der Waals surface area contributed by atoms with E-state index in [1.807, 2.05) is 6.07 Å². The van der Waals surface area contributed by atoms with E-state index in [0.717, 1.165) is 11.1 Å². The number of halogens is 1. The number of hydrogen-bond acceptors (Lipinski definition) is 9. The third kappa shape index (κ3) is 4.92. The van der Waals surface area contributed by atoms with Crippen LogP contribution in [0.25, 0.3) is 11.0 Å². The minimum absolute atomic E-state index is 0.0935. The second kappa shape index (κ2) is 10.2. The van der Waals surface area contributed by atoms with Crippen molar-refractivity contribution < 1.29 is 28.6 Å². The maximum absolute atomic E-state index is 14.4. The minimum Gasteiger partial charge on any atom is -0.481 e. The van der Waals surface area contributed by atoms with Gasteiger partial charge in [-0.15, -0.1) is 11.8 Å². The number of nitrogens with one attached hydrogen (secondary N) is 2. The fraction of sp³-hybridized carbons (Fsp3) is 0.333. The summed E-state index contributed by atoms with van der Waals surface area (Å²) in [6.45, 7) is 0.699. The Kier molecular flexibility index (Phi) is 6.90. The molecule has 1 saturated heterocycles. The number of nitrogens with zero attached hydrogens (tertiary/aromatic N) is 3. The third-order valence-corrected chi connectivity index (χ3v) is 7.11. The van der Waals surface area contributed by atoms with Crippen LogP contribution in [0.3, 0.4) is 0 Å². The fourth-order valence-electron chi connectivity index (χ4n) is 4.14. The Hall–Kier alpha value is -3.48. The highest BCUT2D eigenvalue weighted by Gasteiger charge is 2.37. The number of benzene rings is 1. The number of aliphatic hydroxyl groups is 1.